The Kier molecular flexibility index (Phi) is 7.36. The maximum absolute atomic E-state index is 13.7. The summed E-state index contributed by atoms with van der Waals surface area (Å²) in [7, 11) is -3.98. The number of hydrogen-bond acceptors (Lipinski definition) is 6. The fourth-order valence-electron chi connectivity index (χ4n) is 5.41. The molecule has 4 aromatic carbocycles. The van der Waals surface area contributed by atoms with Crippen molar-refractivity contribution >= 4 is 50.1 Å². The van der Waals surface area contributed by atoms with Crippen LogP contribution in [0.1, 0.15) is 34.8 Å². The number of anilines is 1. The van der Waals surface area contributed by atoms with E-state index in [-0.39, 0.29) is 11.4 Å². The van der Waals surface area contributed by atoms with Crippen LogP contribution in [-0.2, 0) is 24.3 Å². The fraction of sp³-hybridized carbons (Fsp3) is 0.250. The Balaban J connectivity index is 1.30. The molecule has 0 saturated carbocycles. The lowest BCUT2D eigenvalue weighted by molar-refractivity contribution is -0.157. The molecule has 41 heavy (non-hydrogen) atoms. The second-order valence-corrected chi connectivity index (χ2v) is 13.7. The van der Waals surface area contributed by atoms with Gasteiger partial charge in [0.2, 0.25) is 10.0 Å². The number of nitrogens with zero attached hydrogens (tertiary/aromatic N) is 1. The number of hydrogen-bond donors (Lipinski definition) is 1. The van der Waals surface area contributed by atoms with Gasteiger partial charge in [-0.1, -0.05) is 66.2 Å². The van der Waals surface area contributed by atoms with E-state index in [1.54, 1.807) is 18.2 Å². The Morgan fingerprint density at radius 3 is 2.44 bits per heavy atom. The van der Waals surface area contributed by atoms with Crippen molar-refractivity contribution in [2.75, 3.05) is 11.9 Å². The number of carbonyl (C=O) groups excluding carboxylic acids is 2. The molecule has 0 aromatic heterocycles. The molecule has 0 aliphatic carbocycles. The zero-order chi connectivity index (χ0) is 28.7. The first-order valence-corrected chi connectivity index (χ1v) is 15.9. The number of sulfonamides is 1. The van der Waals surface area contributed by atoms with Gasteiger partial charge in [0.15, 0.2) is 6.10 Å². The summed E-state index contributed by atoms with van der Waals surface area (Å²) < 4.78 is 34.7. The van der Waals surface area contributed by atoms with Crippen LogP contribution in [0.3, 0.4) is 0 Å². The highest BCUT2D eigenvalue weighted by molar-refractivity contribution is 7.99. The number of rotatable bonds is 5. The van der Waals surface area contributed by atoms with Crippen LogP contribution in [-0.4, -0.2) is 43.3 Å². The highest BCUT2D eigenvalue weighted by Crippen LogP contribution is 2.45. The Morgan fingerprint density at radius 1 is 0.927 bits per heavy atom. The first kappa shape index (κ1) is 27.5. The maximum atomic E-state index is 13.7. The summed E-state index contributed by atoms with van der Waals surface area (Å²) in [6.07, 6.45) is -0.319. The molecule has 4 aromatic rings. The third-order valence-corrected chi connectivity index (χ3v) is 10.9. The molecule has 2 heterocycles. The van der Waals surface area contributed by atoms with E-state index in [0.29, 0.717) is 18.5 Å². The highest BCUT2D eigenvalue weighted by Gasteiger charge is 2.44. The van der Waals surface area contributed by atoms with Gasteiger partial charge in [-0.3, -0.25) is 9.59 Å². The fourth-order valence-corrected chi connectivity index (χ4v) is 8.47. The van der Waals surface area contributed by atoms with Crippen LogP contribution >= 0.6 is 11.8 Å². The van der Waals surface area contributed by atoms with Crippen molar-refractivity contribution in [1.29, 1.82) is 0 Å². The third-order valence-electron chi connectivity index (χ3n) is 7.63. The van der Waals surface area contributed by atoms with Gasteiger partial charge < -0.3 is 10.1 Å². The number of carbonyl (C=O) groups is 2. The van der Waals surface area contributed by atoms with Crippen LogP contribution in [0.2, 0.25) is 0 Å². The van der Waals surface area contributed by atoms with Gasteiger partial charge in [0.1, 0.15) is 6.04 Å². The van der Waals surface area contributed by atoms with E-state index in [0.717, 1.165) is 32.4 Å². The molecule has 0 spiro atoms. The van der Waals surface area contributed by atoms with Crippen molar-refractivity contribution in [3.05, 3.63) is 102 Å². The molecule has 2 aliphatic rings. The number of ether oxygens (including phenoxy) is 1. The molecule has 0 unspecified atom stereocenters. The van der Waals surface area contributed by atoms with Crippen LogP contribution in [0.15, 0.2) is 94.7 Å². The molecule has 0 radical (unpaired) electrons. The van der Waals surface area contributed by atoms with Gasteiger partial charge in [-0.15, -0.1) is 11.8 Å². The maximum Gasteiger partial charge on any atom is 0.325 e. The summed E-state index contributed by atoms with van der Waals surface area (Å²) in [4.78, 5) is 28.3. The molecule has 1 saturated heterocycles. The monoisotopic (exact) mass is 586 g/mol. The summed E-state index contributed by atoms with van der Waals surface area (Å²) in [6.45, 7) is 4.17. The zero-order valence-electron chi connectivity index (χ0n) is 22.7. The quantitative estimate of drug-likeness (QED) is 0.288. The van der Waals surface area contributed by atoms with Crippen molar-refractivity contribution in [3.8, 4) is 0 Å². The molecule has 9 heteroatoms. The Hall–Kier alpha value is -3.66. The molecule has 210 valence electrons. The van der Waals surface area contributed by atoms with Crippen molar-refractivity contribution < 1.29 is 22.7 Å². The minimum atomic E-state index is -3.98. The minimum Gasteiger partial charge on any atom is -0.449 e. The number of esters is 1. The van der Waals surface area contributed by atoms with Gasteiger partial charge in [0, 0.05) is 11.4 Å². The molecule has 7 nitrogen and oxygen atoms in total. The van der Waals surface area contributed by atoms with Crippen molar-refractivity contribution in [1.82, 2.24) is 4.31 Å². The van der Waals surface area contributed by atoms with Crippen LogP contribution in [0.4, 0.5) is 5.69 Å². The Labute approximate surface area is 243 Å². The lowest BCUT2D eigenvalue weighted by Gasteiger charge is -2.27. The van der Waals surface area contributed by atoms with E-state index in [1.807, 2.05) is 80.6 Å². The van der Waals surface area contributed by atoms with Crippen LogP contribution in [0, 0.1) is 13.8 Å². The number of fused-ring (bicyclic) bond motifs is 2. The summed E-state index contributed by atoms with van der Waals surface area (Å²) in [5, 5.41) is 4.13. The van der Waals surface area contributed by atoms with E-state index in [1.165, 1.54) is 16.1 Å². The van der Waals surface area contributed by atoms with E-state index >= 15 is 0 Å². The average molecular weight is 587 g/mol. The summed E-state index contributed by atoms with van der Waals surface area (Å²) in [5.41, 5.74) is 3.61. The van der Waals surface area contributed by atoms with Crippen LogP contribution in [0.25, 0.3) is 10.8 Å². The second kappa shape index (κ2) is 11.0. The van der Waals surface area contributed by atoms with E-state index in [4.69, 9.17) is 4.74 Å². The van der Waals surface area contributed by atoms with Gasteiger partial charge in [0.25, 0.3) is 5.91 Å². The number of benzene rings is 4. The summed E-state index contributed by atoms with van der Waals surface area (Å²) in [6, 6.07) is 25.0. The van der Waals surface area contributed by atoms with Gasteiger partial charge in [-0.25, -0.2) is 8.42 Å². The van der Waals surface area contributed by atoms with E-state index in [2.05, 4.69) is 5.32 Å². The number of aryl methyl sites for hydroxylation is 2. The lowest BCUT2D eigenvalue weighted by Crippen LogP contribution is -2.45. The number of thioether (sulfide) groups is 1. The summed E-state index contributed by atoms with van der Waals surface area (Å²) >= 11 is 1.46. The van der Waals surface area contributed by atoms with E-state index < -0.39 is 39.3 Å². The van der Waals surface area contributed by atoms with Gasteiger partial charge >= 0.3 is 5.97 Å². The van der Waals surface area contributed by atoms with E-state index in [9.17, 15) is 18.0 Å². The molecular formula is C32H30N2O5S2. The van der Waals surface area contributed by atoms with Crippen molar-refractivity contribution in [2.24, 2.45) is 0 Å². The molecular weight excluding hydrogens is 556 g/mol. The molecule has 1 N–H and O–H groups in total. The van der Waals surface area contributed by atoms with Crippen molar-refractivity contribution in [2.45, 2.75) is 53.9 Å². The zero-order valence-corrected chi connectivity index (χ0v) is 24.4. The van der Waals surface area contributed by atoms with Crippen molar-refractivity contribution in [3.63, 3.8) is 0 Å². The minimum absolute atomic E-state index is 0.127. The second-order valence-electron chi connectivity index (χ2n) is 10.6. The average Bonchev–Trinajstić information content (AvgIpc) is 3.43. The van der Waals surface area contributed by atoms with Gasteiger partial charge in [-0.2, -0.15) is 4.31 Å². The largest absolute Gasteiger partial charge is 0.449 e. The molecule has 1 amide bonds. The smallest absolute Gasteiger partial charge is 0.325 e. The molecule has 6 rings (SSSR count). The predicted molar refractivity (Wildman–Crippen MR) is 160 cm³/mol. The SMILES string of the molecule is Cc1ccc([C@H]2Sc3cc(C)ccc3NC(=O)[C@H]2OC(=O)[C@@H]2CCCN2S(=O)(=O)c2ccc3ccccc3c2)cc1. The first-order valence-electron chi connectivity index (χ1n) is 13.6. The molecule has 3 atom stereocenters. The number of nitrogens with one attached hydrogen (secondary N) is 1. The summed E-state index contributed by atoms with van der Waals surface area (Å²) in [5.74, 6) is -1.16. The molecule has 1 fully saturated rings. The predicted octanol–water partition coefficient (Wildman–Crippen LogP) is 6.01. The number of amides is 1. The Morgan fingerprint density at radius 2 is 1.66 bits per heavy atom. The third kappa shape index (κ3) is 5.37. The van der Waals surface area contributed by atoms with Gasteiger partial charge in [-0.05, 0) is 72.9 Å². The standard InChI is InChI=1S/C32H30N2O5S2/c1-20-9-12-23(13-10-20)30-29(31(35)33-26-16-11-21(2)18-28(26)40-30)39-32(36)27-8-5-17-34(27)41(37,38)25-15-14-22-6-3-4-7-24(22)19-25/h3-4,6-7,9-16,18-19,27,29-30H,5,8,17H2,1-2H3,(H,33,35)/t27-,29-,30+/m0/s1. The van der Waals surface area contributed by atoms with Gasteiger partial charge in [0.05, 0.1) is 15.8 Å². The topological polar surface area (TPSA) is 92.8 Å². The van der Waals surface area contributed by atoms with Crippen LogP contribution in [0.5, 0.6) is 0 Å². The molecule has 2 aliphatic heterocycles. The highest BCUT2D eigenvalue weighted by atomic mass is 32.2. The Bertz CT molecular complexity index is 1750. The first-order chi connectivity index (χ1) is 19.7. The molecule has 0 bridgehead atoms. The normalized spacial score (nSPS) is 21.2. The lowest BCUT2D eigenvalue weighted by atomic mass is 10.0. The van der Waals surface area contributed by atoms with Crippen LogP contribution < -0.4 is 5.32 Å².